The van der Waals surface area contributed by atoms with Gasteiger partial charge >= 0.3 is 0 Å². The molecule has 0 bridgehead atoms. The van der Waals surface area contributed by atoms with Gasteiger partial charge in [-0.1, -0.05) is 31.5 Å². The van der Waals surface area contributed by atoms with Crippen LogP contribution in [0.1, 0.15) is 35.8 Å². The van der Waals surface area contributed by atoms with Gasteiger partial charge < -0.3 is 14.8 Å². The molecule has 1 aromatic carbocycles. The van der Waals surface area contributed by atoms with Gasteiger partial charge in [-0.15, -0.1) is 0 Å². The number of ether oxygens (including phenoxy) is 1. The van der Waals surface area contributed by atoms with Crippen molar-refractivity contribution in [3.63, 3.8) is 0 Å². The second kappa shape index (κ2) is 8.68. The number of hydrogen-bond donors (Lipinski definition) is 1. The highest BCUT2D eigenvalue weighted by Crippen LogP contribution is 2.19. The molecule has 2 aromatic rings. The number of aromatic nitrogens is 1. The van der Waals surface area contributed by atoms with Gasteiger partial charge in [-0.3, -0.25) is 9.78 Å². The fourth-order valence-electron chi connectivity index (χ4n) is 2.15. The molecule has 23 heavy (non-hydrogen) atoms. The monoisotopic (exact) mass is 312 g/mol. The molecule has 0 spiro atoms. The first-order valence-corrected chi connectivity index (χ1v) is 7.62. The maximum Gasteiger partial charge on any atom is 0.255 e. The number of carbonyl (C=O) groups excluding carboxylic acids is 2. The van der Waals surface area contributed by atoms with E-state index in [0.29, 0.717) is 17.7 Å². The number of para-hydroxylation sites is 1. The Morgan fingerprint density at radius 1 is 1.26 bits per heavy atom. The molecule has 0 saturated carbocycles. The van der Waals surface area contributed by atoms with E-state index in [1.807, 2.05) is 25.1 Å². The molecular formula is C18H20N2O3. The van der Waals surface area contributed by atoms with E-state index in [1.165, 1.54) is 0 Å². The first-order valence-electron chi connectivity index (χ1n) is 7.62. The summed E-state index contributed by atoms with van der Waals surface area (Å²) in [6, 6.07) is 12.1. The highest BCUT2D eigenvalue weighted by Gasteiger charge is 2.16. The molecule has 5 nitrogen and oxygen atoms in total. The summed E-state index contributed by atoms with van der Waals surface area (Å²) in [7, 11) is 0. The molecule has 1 aromatic heterocycles. The highest BCUT2D eigenvalue weighted by molar-refractivity contribution is 5.98. The van der Waals surface area contributed by atoms with E-state index in [4.69, 9.17) is 4.74 Å². The predicted octanol–water partition coefficient (Wildman–Crippen LogP) is 2.76. The molecule has 2 rings (SSSR count). The van der Waals surface area contributed by atoms with Gasteiger partial charge in [0.1, 0.15) is 18.6 Å². The lowest BCUT2D eigenvalue weighted by Gasteiger charge is -2.14. The summed E-state index contributed by atoms with van der Waals surface area (Å²) in [5.41, 5.74) is 1.19. The lowest BCUT2D eigenvalue weighted by Crippen LogP contribution is -2.36. The zero-order valence-electron chi connectivity index (χ0n) is 13.1. The van der Waals surface area contributed by atoms with Crippen molar-refractivity contribution in [2.75, 3.05) is 0 Å². The number of carbonyl (C=O) groups is 2. The minimum atomic E-state index is -0.476. The van der Waals surface area contributed by atoms with Crippen LogP contribution in [-0.4, -0.2) is 23.2 Å². The Morgan fingerprint density at radius 3 is 2.74 bits per heavy atom. The molecule has 1 heterocycles. The average molecular weight is 312 g/mol. The fraction of sp³-hybridized carbons (Fsp3) is 0.278. The zero-order chi connectivity index (χ0) is 16.5. The van der Waals surface area contributed by atoms with E-state index < -0.39 is 6.04 Å². The lowest BCUT2D eigenvalue weighted by atomic mass is 10.1. The van der Waals surface area contributed by atoms with Crippen LogP contribution in [0.2, 0.25) is 0 Å². The van der Waals surface area contributed by atoms with Crippen molar-refractivity contribution in [2.24, 2.45) is 0 Å². The normalized spacial score (nSPS) is 11.5. The Hall–Kier alpha value is -2.69. The van der Waals surface area contributed by atoms with Gasteiger partial charge in [0.05, 0.1) is 17.3 Å². The summed E-state index contributed by atoms with van der Waals surface area (Å²) >= 11 is 0. The fourth-order valence-corrected chi connectivity index (χ4v) is 2.15. The van der Waals surface area contributed by atoms with Crippen LogP contribution in [-0.2, 0) is 11.4 Å². The number of aldehydes is 1. The summed E-state index contributed by atoms with van der Waals surface area (Å²) in [6.07, 6.45) is 3.89. The largest absolute Gasteiger partial charge is 0.486 e. The van der Waals surface area contributed by atoms with Gasteiger partial charge in [0, 0.05) is 6.20 Å². The number of rotatable bonds is 8. The van der Waals surface area contributed by atoms with Gasteiger partial charge in [-0.05, 0) is 30.7 Å². The third-order valence-electron chi connectivity index (χ3n) is 3.31. The standard InChI is InChI=1S/C18H20N2O3/c1-2-7-14(12-21)20-18(22)16-9-3-4-10-17(16)23-13-15-8-5-6-11-19-15/h3-6,8-12,14H,2,7,13H2,1H3,(H,20,22). The highest BCUT2D eigenvalue weighted by atomic mass is 16.5. The van der Waals surface area contributed by atoms with Crippen LogP contribution in [0.5, 0.6) is 5.75 Å². The molecule has 1 unspecified atom stereocenters. The third kappa shape index (κ3) is 4.92. The molecule has 1 atom stereocenters. The topological polar surface area (TPSA) is 68.3 Å². The van der Waals surface area contributed by atoms with Crippen LogP contribution in [0.4, 0.5) is 0 Å². The number of nitrogens with zero attached hydrogens (tertiary/aromatic N) is 1. The van der Waals surface area contributed by atoms with Crippen LogP contribution >= 0.6 is 0 Å². The molecular weight excluding hydrogens is 292 g/mol. The van der Waals surface area contributed by atoms with E-state index in [0.717, 1.165) is 18.4 Å². The number of benzene rings is 1. The maximum absolute atomic E-state index is 12.4. The van der Waals surface area contributed by atoms with Crippen molar-refractivity contribution in [2.45, 2.75) is 32.4 Å². The minimum absolute atomic E-state index is 0.275. The third-order valence-corrected chi connectivity index (χ3v) is 3.31. The van der Waals surface area contributed by atoms with E-state index in [9.17, 15) is 9.59 Å². The van der Waals surface area contributed by atoms with Crippen LogP contribution in [0.25, 0.3) is 0 Å². The molecule has 1 N–H and O–H groups in total. The van der Waals surface area contributed by atoms with Crippen molar-refractivity contribution < 1.29 is 14.3 Å². The Kier molecular flexibility index (Phi) is 6.29. The molecule has 0 aliphatic carbocycles. The molecule has 0 saturated heterocycles. The Labute approximate surface area is 135 Å². The van der Waals surface area contributed by atoms with Crippen LogP contribution < -0.4 is 10.1 Å². The molecule has 120 valence electrons. The number of amides is 1. The summed E-state index contributed by atoms with van der Waals surface area (Å²) in [5.74, 6) is 0.156. The van der Waals surface area contributed by atoms with E-state index in [-0.39, 0.29) is 12.5 Å². The van der Waals surface area contributed by atoms with E-state index in [1.54, 1.807) is 30.5 Å². The van der Waals surface area contributed by atoms with Gasteiger partial charge in [0.2, 0.25) is 0 Å². The summed E-state index contributed by atoms with van der Waals surface area (Å²) in [5, 5.41) is 2.72. The first kappa shape index (κ1) is 16.7. The van der Waals surface area contributed by atoms with E-state index >= 15 is 0 Å². The van der Waals surface area contributed by atoms with Crippen molar-refractivity contribution in [3.8, 4) is 5.75 Å². The Morgan fingerprint density at radius 2 is 2.04 bits per heavy atom. The quantitative estimate of drug-likeness (QED) is 0.761. The second-order valence-corrected chi connectivity index (χ2v) is 5.11. The Bertz CT molecular complexity index is 644. The number of pyridine rings is 1. The maximum atomic E-state index is 12.4. The molecule has 0 aliphatic heterocycles. The summed E-state index contributed by atoms with van der Waals surface area (Å²) < 4.78 is 5.71. The van der Waals surface area contributed by atoms with Crippen LogP contribution in [0.15, 0.2) is 48.7 Å². The van der Waals surface area contributed by atoms with Gasteiger partial charge in [0.25, 0.3) is 5.91 Å². The second-order valence-electron chi connectivity index (χ2n) is 5.11. The molecule has 1 amide bonds. The van der Waals surface area contributed by atoms with Crippen LogP contribution in [0, 0.1) is 0 Å². The minimum Gasteiger partial charge on any atom is -0.486 e. The summed E-state index contributed by atoms with van der Waals surface area (Å²) in [4.78, 5) is 27.5. The smallest absolute Gasteiger partial charge is 0.255 e. The average Bonchev–Trinajstić information content (AvgIpc) is 2.60. The van der Waals surface area contributed by atoms with Crippen molar-refractivity contribution in [1.82, 2.24) is 10.3 Å². The van der Waals surface area contributed by atoms with Crippen molar-refractivity contribution >= 4 is 12.2 Å². The number of hydrogen-bond acceptors (Lipinski definition) is 4. The van der Waals surface area contributed by atoms with E-state index in [2.05, 4.69) is 10.3 Å². The van der Waals surface area contributed by atoms with Gasteiger partial charge in [0.15, 0.2) is 0 Å². The molecule has 5 heteroatoms. The van der Waals surface area contributed by atoms with Crippen LogP contribution in [0.3, 0.4) is 0 Å². The Balaban J connectivity index is 2.07. The predicted molar refractivity (Wildman–Crippen MR) is 87.2 cm³/mol. The summed E-state index contributed by atoms with van der Waals surface area (Å²) in [6.45, 7) is 2.24. The zero-order valence-corrected chi connectivity index (χ0v) is 13.1. The van der Waals surface area contributed by atoms with Gasteiger partial charge in [-0.2, -0.15) is 0 Å². The molecule has 0 fully saturated rings. The first-order chi connectivity index (χ1) is 11.2. The lowest BCUT2D eigenvalue weighted by molar-refractivity contribution is -0.109. The number of nitrogens with one attached hydrogen (secondary N) is 1. The SMILES string of the molecule is CCCC(C=O)NC(=O)c1ccccc1OCc1ccccn1. The molecule has 0 radical (unpaired) electrons. The van der Waals surface area contributed by atoms with Gasteiger partial charge in [-0.25, -0.2) is 0 Å². The van der Waals surface area contributed by atoms with Crippen molar-refractivity contribution in [1.29, 1.82) is 0 Å². The van der Waals surface area contributed by atoms with Crippen molar-refractivity contribution in [3.05, 3.63) is 59.9 Å². The molecule has 0 aliphatic rings.